The number of rotatable bonds is 1. The summed E-state index contributed by atoms with van der Waals surface area (Å²) in [7, 11) is 0. The number of carbonyl (C=O) groups excluding carboxylic acids is 1. The predicted molar refractivity (Wildman–Crippen MR) is 75.1 cm³/mol. The number of nitrogens with one attached hydrogen (secondary N) is 1. The second-order valence-electron chi connectivity index (χ2n) is 4.81. The normalized spacial score (nSPS) is 16.3. The Bertz CT molecular complexity index is 589. The number of pyridine rings is 1. The average molecular weight is 255 g/mol. The molecule has 19 heavy (non-hydrogen) atoms. The van der Waals surface area contributed by atoms with Crippen LogP contribution in [-0.4, -0.2) is 42.0 Å². The number of nitrogens with zero attached hydrogens (tertiary/aromatic N) is 2. The molecule has 2 heterocycles. The monoisotopic (exact) mass is 255 g/mol. The zero-order chi connectivity index (χ0) is 13.1. The number of benzene rings is 1. The summed E-state index contributed by atoms with van der Waals surface area (Å²) in [5, 5.41) is 4.32. The lowest BCUT2D eigenvalue weighted by Crippen LogP contribution is -2.34. The zero-order valence-electron chi connectivity index (χ0n) is 10.8. The molecule has 0 radical (unpaired) electrons. The minimum absolute atomic E-state index is 0.0851. The van der Waals surface area contributed by atoms with Crippen LogP contribution in [0.4, 0.5) is 0 Å². The van der Waals surface area contributed by atoms with Gasteiger partial charge < -0.3 is 10.2 Å². The van der Waals surface area contributed by atoms with Crippen molar-refractivity contribution in [3.63, 3.8) is 0 Å². The van der Waals surface area contributed by atoms with Gasteiger partial charge in [-0.1, -0.05) is 18.2 Å². The smallest absolute Gasteiger partial charge is 0.255 e. The van der Waals surface area contributed by atoms with Crippen LogP contribution in [0.1, 0.15) is 16.8 Å². The molecule has 2 aromatic rings. The van der Waals surface area contributed by atoms with Crippen LogP contribution in [0.2, 0.25) is 0 Å². The Labute approximate surface area is 112 Å². The molecule has 1 N–H and O–H groups in total. The van der Waals surface area contributed by atoms with Gasteiger partial charge in [0.1, 0.15) is 0 Å². The molecule has 1 amide bonds. The molecule has 0 aliphatic carbocycles. The highest BCUT2D eigenvalue weighted by Crippen LogP contribution is 2.14. The van der Waals surface area contributed by atoms with Crippen LogP contribution in [0.25, 0.3) is 10.9 Å². The van der Waals surface area contributed by atoms with E-state index in [0.717, 1.165) is 43.5 Å². The molecule has 1 aliphatic heterocycles. The lowest BCUT2D eigenvalue weighted by atomic mass is 10.1. The van der Waals surface area contributed by atoms with Crippen LogP contribution in [0.5, 0.6) is 0 Å². The largest absolute Gasteiger partial charge is 0.337 e. The van der Waals surface area contributed by atoms with Crippen LogP contribution < -0.4 is 5.32 Å². The molecule has 1 aliphatic rings. The summed E-state index contributed by atoms with van der Waals surface area (Å²) in [6, 6.07) is 9.80. The van der Waals surface area contributed by atoms with E-state index in [0.29, 0.717) is 5.56 Å². The van der Waals surface area contributed by atoms with Crippen molar-refractivity contribution in [2.75, 3.05) is 26.2 Å². The molecule has 0 spiro atoms. The lowest BCUT2D eigenvalue weighted by Gasteiger charge is -2.19. The molecule has 0 unspecified atom stereocenters. The molecular formula is C15H17N3O. The van der Waals surface area contributed by atoms with Crippen molar-refractivity contribution in [1.82, 2.24) is 15.2 Å². The Morgan fingerprint density at radius 2 is 2.11 bits per heavy atom. The first-order chi connectivity index (χ1) is 9.34. The van der Waals surface area contributed by atoms with E-state index in [2.05, 4.69) is 10.3 Å². The van der Waals surface area contributed by atoms with Crippen LogP contribution in [0, 0.1) is 0 Å². The highest BCUT2D eigenvalue weighted by molar-refractivity contribution is 5.97. The van der Waals surface area contributed by atoms with E-state index >= 15 is 0 Å². The highest BCUT2D eigenvalue weighted by atomic mass is 16.2. The third-order valence-electron chi connectivity index (χ3n) is 3.46. The topological polar surface area (TPSA) is 45.2 Å². The molecule has 1 aromatic heterocycles. The Hall–Kier alpha value is -1.94. The number of para-hydroxylation sites is 1. The Morgan fingerprint density at radius 3 is 3.05 bits per heavy atom. The summed E-state index contributed by atoms with van der Waals surface area (Å²) in [5.74, 6) is 0.0851. The molecule has 0 saturated carbocycles. The molecule has 0 bridgehead atoms. The fraction of sp³-hybridized carbons (Fsp3) is 0.333. The van der Waals surface area contributed by atoms with Crippen molar-refractivity contribution in [1.29, 1.82) is 0 Å². The second kappa shape index (κ2) is 5.36. The van der Waals surface area contributed by atoms with Crippen molar-refractivity contribution in [3.8, 4) is 0 Å². The standard InChI is InChI=1S/C15H17N3O/c19-15(18-8-3-6-16-7-9-18)13-10-12-4-1-2-5-14(12)17-11-13/h1-2,4-5,10-11,16H,3,6-9H2. The van der Waals surface area contributed by atoms with Crippen molar-refractivity contribution in [3.05, 3.63) is 42.1 Å². The molecule has 4 nitrogen and oxygen atoms in total. The van der Waals surface area contributed by atoms with E-state index in [1.54, 1.807) is 6.20 Å². The van der Waals surface area contributed by atoms with Crippen molar-refractivity contribution < 1.29 is 4.79 Å². The third kappa shape index (κ3) is 2.58. The first-order valence-corrected chi connectivity index (χ1v) is 6.69. The van der Waals surface area contributed by atoms with Gasteiger partial charge >= 0.3 is 0 Å². The zero-order valence-corrected chi connectivity index (χ0v) is 10.8. The minimum Gasteiger partial charge on any atom is -0.337 e. The van der Waals surface area contributed by atoms with Gasteiger partial charge in [-0.05, 0) is 25.1 Å². The van der Waals surface area contributed by atoms with Crippen LogP contribution in [-0.2, 0) is 0 Å². The number of fused-ring (bicyclic) bond motifs is 1. The maximum atomic E-state index is 12.5. The SMILES string of the molecule is O=C(c1cnc2ccccc2c1)N1CCCNCC1. The second-order valence-corrected chi connectivity index (χ2v) is 4.81. The summed E-state index contributed by atoms with van der Waals surface area (Å²) < 4.78 is 0. The van der Waals surface area contributed by atoms with Crippen LogP contribution >= 0.6 is 0 Å². The maximum absolute atomic E-state index is 12.5. The highest BCUT2D eigenvalue weighted by Gasteiger charge is 2.17. The molecule has 1 saturated heterocycles. The molecule has 1 fully saturated rings. The fourth-order valence-electron chi connectivity index (χ4n) is 2.42. The minimum atomic E-state index is 0.0851. The van der Waals surface area contributed by atoms with Crippen molar-refractivity contribution in [2.45, 2.75) is 6.42 Å². The van der Waals surface area contributed by atoms with Gasteiger partial charge in [0.25, 0.3) is 5.91 Å². The number of hydrogen-bond donors (Lipinski definition) is 1. The fourth-order valence-corrected chi connectivity index (χ4v) is 2.42. The summed E-state index contributed by atoms with van der Waals surface area (Å²) in [4.78, 5) is 18.7. The van der Waals surface area contributed by atoms with Gasteiger partial charge in [0.2, 0.25) is 0 Å². The van der Waals surface area contributed by atoms with Crippen LogP contribution in [0.15, 0.2) is 36.5 Å². The van der Waals surface area contributed by atoms with Crippen LogP contribution in [0.3, 0.4) is 0 Å². The van der Waals surface area contributed by atoms with Gasteiger partial charge in [-0.3, -0.25) is 9.78 Å². The van der Waals surface area contributed by atoms with E-state index in [4.69, 9.17) is 0 Å². The Morgan fingerprint density at radius 1 is 1.21 bits per heavy atom. The Kier molecular flexibility index (Phi) is 3.42. The summed E-state index contributed by atoms with van der Waals surface area (Å²) in [5.41, 5.74) is 1.61. The van der Waals surface area contributed by atoms with Crippen molar-refractivity contribution in [2.24, 2.45) is 0 Å². The molecular weight excluding hydrogens is 238 g/mol. The molecule has 98 valence electrons. The van der Waals surface area contributed by atoms with Gasteiger partial charge in [0.15, 0.2) is 0 Å². The van der Waals surface area contributed by atoms with Crippen molar-refractivity contribution >= 4 is 16.8 Å². The number of aromatic nitrogens is 1. The molecule has 4 heteroatoms. The van der Waals surface area contributed by atoms with Gasteiger partial charge in [-0.25, -0.2) is 0 Å². The van der Waals surface area contributed by atoms with Gasteiger partial charge in [0.05, 0.1) is 11.1 Å². The Balaban J connectivity index is 1.88. The maximum Gasteiger partial charge on any atom is 0.255 e. The van der Waals surface area contributed by atoms with Gasteiger partial charge in [-0.2, -0.15) is 0 Å². The number of hydrogen-bond acceptors (Lipinski definition) is 3. The first-order valence-electron chi connectivity index (χ1n) is 6.69. The summed E-state index contributed by atoms with van der Waals surface area (Å²) in [6.45, 7) is 3.44. The molecule has 3 rings (SSSR count). The number of amides is 1. The first kappa shape index (κ1) is 12.1. The summed E-state index contributed by atoms with van der Waals surface area (Å²) in [6.07, 6.45) is 2.69. The number of carbonyl (C=O) groups is 1. The van der Waals surface area contributed by atoms with E-state index in [1.165, 1.54) is 0 Å². The predicted octanol–water partition coefficient (Wildman–Crippen LogP) is 1.67. The van der Waals surface area contributed by atoms with E-state index in [9.17, 15) is 4.79 Å². The van der Waals surface area contributed by atoms with Gasteiger partial charge in [-0.15, -0.1) is 0 Å². The third-order valence-corrected chi connectivity index (χ3v) is 3.46. The quantitative estimate of drug-likeness (QED) is 0.843. The van der Waals surface area contributed by atoms with E-state index in [1.807, 2.05) is 35.2 Å². The lowest BCUT2D eigenvalue weighted by molar-refractivity contribution is 0.0766. The molecule has 0 atom stereocenters. The average Bonchev–Trinajstić information content (AvgIpc) is 2.75. The molecule has 1 aromatic carbocycles. The summed E-state index contributed by atoms with van der Waals surface area (Å²) >= 11 is 0. The van der Waals surface area contributed by atoms with E-state index in [-0.39, 0.29) is 5.91 Å². The van der Waals surface area contributed by atoms with E-state index < -0.39 is 0 Å². The van der Waals surface area contributed by atoms with Gasteiger partial charge in [0, 0.05) is 31.2 Å².